The summed E-state index contributed by atoms with van der Waals surface area (Å²) in [7, 11) is 1.76. The molecule has 1 amide bonds. The Balaban J connectivity index is 1.22. The van der Waals surface area contributed by atoms with Crippen molar-refractivity contribution in [3.63, 3.8) is 0 Å². The Morgan fingerprint density at radius 1 is 1.00 bits per heavy atom. The maximum atomic E-state index is 13.4. The van der Waals surface area contributed by atoms with Gasteiger partial charge in [-0.05, 0) is 36.8 Å². The van der Waals surface area contributed by atoms with E-state index in [-0.39, 0.29) is 5.78 Å². The minimum absolute atomic E-state index is 0.0938. The molecule has 6 rings (SSSR count). The van der Waals surface area contributed by atoms with Crippen LogP contribution in [0, 0.1) is 12.7 Å². The van der Waals surface area contributed by atoms with Crippen molar-refractivity contribution >= 4 is 34.8 Å². The number of carbonyl (C=O) groups is 3. The molecule has 1 fully saturated rings. The zero-order valence-corrected chi connectivity index (χ0v) is 21.4. The van der Waals surface area contributed by atoms with E-state index in [9.17, 15) is 18.8 Å². The number of piperazine rings is 1. The standard InChI is InChI=1S/C29H25FN6O3/c1-17-12-21(18-6-4-3-5-7-18)25(34(17)2)27(38)28(39)33-20-8-9-23-22(13-20)26(37)24-16-35(10-11-36(23)24)29-31-14-19(30)15-32-29/h3-9,12-15,24H,10-11,16H2,1-2H3,(H,33,39)/t24-/m1/s1. The van der Waals surface area contributed by atoms with Crippen LogP contribution in [0.25, 0.3) is 11.1 Å². The van der Waals surface area contributed by atoms with Gasteiger partial charge in [-0.2, -0.15) is 0 Å². The molecule has 0 saturated carbocycles. The number of hydrogen-bond donors (Lipinski definition) is 1. The van der Waals surface area contributed by atoms with Gasteiger partial charge in [0.25, 0.3) is 11.7 Å². The minimum Gasteiger partial charge on any atom is -0.357 e. The van der Waals surface area contributed by atoms with Gasteiger partial charge in [0.05, 0.1) is 12.4 Å². The normalized spacial score (nSPS) is 16.2. The molecule has 0 spiro atoms. The molecule has 1 saturated heterocycles. The van der Waals surface area contributed by atoms with Crippen LogP contribution in [0.3, 0.4) is 0 Å². The van der Waals surface area contributed by atoms with E-state index in [1.807, 2.05) is 53.1 Å². The Kier molecular flexibility index (Phi) is 5.94. The molecular formula is C29H25FN6O3. The topological polar surface area (TPSA) is 100 Å². The van der Waals surface area contributed by atoms with Gasteiger partial charge < -0.3 is 19.7 Å². The molecule has 39 heavy (non-hydrogen) atoms. The number of nitrogens with zero attached hydrogens (tertiary/aromatic N) is 5. The quantitative estimate of drug-likeness (QED) is 0.314. The molecule has 2 aromatic carbocycles. The summed E-state index contributed by atoms with van der Waals surface area (Å²) >= 11 is 0. The minimum atomic E-state index is -0.781. The Morgan fingerprint density at radius 3 is 2.49 bits per heavy atom. The van der Waals surface area contributed by atoms with Crippen LogP contribution in [0.2, 0.25) is 0 Å². The number of ketones is 2. The molecule has 0 bridgehead atoms. The Bertz CT molecular complexity index is 1620. The third-order valence-electron chi connectivity index (χ3n) is 7.38. The van der Waals surface area contributed by atoms with Crippen LogP contribution >= 0.6 is 0 Å². The van der Waals surface area contributed by atoms with Crippen LogP contribution < -0.4 is 15.1 Å². The van der Waals surface area contributed by atoms with Gasteiger partial charge in [0.2, 0.25) is 5.95 Å². The van der Waals surface area contributed by atoms with E-state index in [0.717, 1.165) is 29.3 Å². The number of halogens is 1. The number of amides is 1. The molecule has 4 heterocycles. The maximum absolute atomic E-state index is 13.4. The number of nitrogens with one attached hydrogen (secondary N) is 1. The second-order valence-corrected chi connectivity index (χ2v) is 9.71. The highest BCUT2D eigenvalue weighted by Crippen LogP contribution is 2.36. The van der Waals surface area contributed by atoms with Crippen molar-refractivity contribution in [1.82, 2.24) is 14.5 Å². The number of fused-ring (bicyclic) bond motifs is 3. The molecule has 2 aliphatic heterocycles. The molecule has 0 unspecified atom stereocenters. The summed E-state index contributed by atoms with van der Waals surface area (Å²) < 4.78 is 15.0. The summed E-state index contributed by atoms with van der Waals surface area (Å²) in [6.45, 7) is 3.37. The average molecular weight is 525 g/mol. The summed E-state index contributed by atoms with van der Waals surface area (Å²) in [5, 5.41) is 2.69. The summed E-state index contributed by atoms with van der Waals surface area (Å²) in [4.78, 5) is 51.7. The first kappa shape index (κ1) is 24.5. The predicted octanol–water partition coefficient (Wildman–Crippen LogP) is 3.64. The molecule has 4 aromatic rings. The van der Waals surface area contributed by atoms with E-state index < -0.39 is 23.5 Å². The molecule has 1 atom stereocenters. The van der Waals surface area contributed by atoms with Crippen molar-refractivity contribution in [3.8, 4) is 11.1 Å². The number of aryl methyl sites for hydroxylation is 1. The molecule has 0 radical (unpaired) electrons. The molecule has 2 aromatic heterocycles. The number of benzene rings is 2. The average Bonchev–Trinajstić information content (AvgIpc) is 3.41. The van der Waals surface area contributed by atoms with Crippen molar-refractivity contribution in [2.45, 2.75) is 13.0 Å². The summed E-state index contributed by atoms with van der Waals surface area (Å²) in [5.41, 5.74) is 4.30. The van der Waals surface area contributed by atoms with Gasteiger partial charge in [-0.3, -0.25) is 14.4 Å². The second-order valence-electron chi connectivity index (χ2n) is 9.71. The highest BCUT2D eigenvalue weighted by atomic mass is 19.1. The number of anilines is 3. The fourth-order valence-electron chi connectivity index (χ4n) is 5.33. The van der Waals surface area contributed by atoms with Crippen LogP contribution in [-0.4, -0.2) is 57.7 Å². The fraction of sp³-hybridized carbons (Fsp3) is 0.207. The van der Waals surface area contributed by atoms with Gasteiger partial charge >= 0.3 is 0 Å². The summed E-state index contributed by atoms with van der Waals surface area (Å²) in [6, 6.07) is 16.0. The predicted molar refractivity (Wildman–Crippen MR) is 145 cm³/mol. The van der Waals surface area contributed by atoms with Gasteiger partial charge in [-0.15, -0.1) is 0 Å². The molecule has 2 aliphatic rings. The molecule has 1 N–H and O–H groups in total. The monoisotopic (exact) mass is 524 g/mol. The third kappa shape index (κ3) is 4.23. The Labute approximate surface area is 223 Å². The van der Waals surface area contributed by atoms with Gasteiger partial charge in [0.1, 0.15) is 11.7 Å². The van der Waals surface area contributed by atoms with Crippen LogP contribution in [-0.2, 0) is 11.8 Å². The first-order valence-electron chi connectivity index (χ1n) is 12.6. The fourth-order valence-corrected chi connectivity index (χ4v) is 5.33. The van der Waals surface area contributed by atoms with E-state index in [1.165, 1.54) is 0 Å². The summed E-state index contributed by atoms with van der Waals surface area (Å²) in [6.07, 6.45) is 2.21. The van der Waals surface area contributed by atoms with Crippen LogP contribution in [0.15, 0.2) is 67.0 Å². The number of rotatable bonds is 5. The van der Waals surface area contributed by atoms with Crippen molar-refractivity contribution < 1.29 is 18.8 Å². The number of Topliss-reactive ketones (excluding diaryl/α,β-unsaturated/α-hetero) is 2. The van der Waals surface area contributed by atoms with Gasteiger partial charge in [-0.25, -0.2) is 14.4 Å². The molecule has 10 heteroatoms. The first-order valence-corrected chi connectivity index (χ1v) is 12.6. The van der Waals surface area contributed by atoms with E-state index in [1.54, 1.807) is 29.8 Å². The van der Waals surface area contributed by atoms with Crippen LogP contribution in [0.1, 0.15) is 26.5 Å². The maximum Gasteiger partial charge on any atom is 0.298 e. The SMILES string of the molecule is Cc1cc(-c2ccccc2)c(C(=O)C(=O)Nc2ccc3c(c2)C(=O)[C@H]2CN(c4ncc(F)cn4)CCN32)n1C. The van der Waals surface area contributed by atoms with Crippen molar-refractivity contribution in [2.24, 2.45) is 7.05 Å². The number of aromatic nitrogens is 3. The smallest absolute Gasteiger partial charge is 0.298 e. The zero-order chi connectivity index (χ0) is 27.3. The van der Waals surface area contributed by atoms with Gasteiger partial charge in [-0.1, -0.05) is 30.3 Å². The van der Waals surface area contributed by atoms with E-state index in [4.69, 9.17) is 0 Å². The van der Waals surface area contributed by atoms with E-state index >= 15 is 0 Å². The number of hydrogen-bond acceptors (Lipinski definition) is 7. The van der Waals surface area contributed by atoms with Crippen molar-refractivity contribution in [1.29, 1.82) is 0 Å². The van der Waals surface area contributed by atoms with Gasteiger partial charge in [0.15, 0.2) is 11.6 Å². The molecule has 9 nitrogen and oxygen atoms in total. The van der Waals surface area contributed by atoms with Crippen molar-refractivity contribution in [3.05, 3.63) is 89.8 Å². The Morgan fingerprint density at radius 2 is 1.74 bits per heavy atom. The highest BCUT2D eigenvalue weighted by molar-refractivity contribution is 6.47. The van der Waals surface area contributed by atoms with E-state index in [0.29, 0.717) is 48.1 Å². The van der Waals surface area contributed by atoms with Crippen LogP contribution in [0.5, 0.6) is 0 Å². The lowest BCUT2D eigenvalue weighted by Gasteiger charge is -2.38. The zero-order valence-electron chi connectivity index (χ0n) is 21.4. The van der Waals surface area contributed by atoms with Gasteiger partial charge in [0, 0.05) is 54.9 Å². The second kappa shape index (κ2) is 9.46. The lowest BCUT2D eigenvalue weighted by Crippen LogP contribution is -2.54. The van der Waals surface area contributed by atoms with Crippen molar-refractivity contribution in [2.75, 3.05) is 34.8 Å². The van der Waals surface area contributed by atoms with Crippen LogP contribution in [0.4, 0.5) is 21.7 Å². The molecular weight excluding hydrogens is 499 g/mol. The lowest BCUT2D eigenvalue weighted by atomic mass is 10.0. The summed E-state index contributed by atoms with van der Waals surface area (Å²) in [5.74, 6) is -1.69. The lowest BCUT2D eigenvalue weighted by molar-refractivity contribution is -0.112. The van der Waals surface area contributed by atoms with E-state index in [2.05, 4.69) is 15.3 Å². The first-order chi connectivity index (χ1) is 18.8. The highest BCUT2D eigenvalue weighted by Gasteiger charge is 2.41. The third-order valence-corrected chi connectivity index (χ3v) is 7.38. The molecule has 0 aliphatic carbocycles. The number of carbonyl (C=O) groups excluding carboxylic acids is 3. The Hall–Kier alpha value is -4.86. The largest absolute Gasteiger partial charge is 0.357 e. The molecule has 196 valence electrons.